The lowest BCUT2D eigenvalue weighted by Crippen LogP contribution is -1.99. The van der Waals surface area contributed by atoms with Crippen molar-refractivity contribution < 1.29 is 0 Å². The molecule has 1 aromatic carbocycles. The number of aromatic nitrogens is 2. The number of rotatable bonds is 5. The molecule has 2 aromatic rings. The van der Waals surface area contributed by atoms with E-state index in [-0.39, 0.29) is 0 Å². The van der Waals surface area contributed by atoms with Crippen molar-refractivity contribution in [2.45, 2.75) is 19.4 Å². The molecule has 0 N–H and O–H groups in total. The van der Waals surface area contributed by atoms with E-state index in [0.717, 1.165) is 29.7 Å². The van der Waals surface area contributed by atoms with Crippen LogP contribution >= 0.6 is 27.5 Å². The third-order valence-electron chi connectivity index (χ3n) is 2.52. The van der Waals surface area contributed by atoms with Crippen LogP contribution in [-0.4, -0.2) is 15.1 Å². The number of aryl methyl sites for hydroxylation is 1. The van der Waals surface area contributed by atoms with Gasteiger partial charge < -0.3 is 0 Å². The molecule has 0 radical (unpaired) electrons. The molecule has 0 spiro atoms. The van der Waals surface area contributed by atoms with E-state index in [1.807, 2.05) is 29.1 Å². The molecule has 17 heavy (non-hydrogen) atoms. The van der Waals surface area contributed by atoms with Crippen LogP contribution in [-0.2, 0) is 13.0 Å². The van der Waals surface area contributed by atoms with Gasteiger partial charge in [-0.3, -0.25) is 4.68 Å². The fourth-order valence-electron chi connectivity index (χ4n) is 1.72. The molecule has 2 nitrogen and oxygen atoms in total. The van der Waals surface area contributed by atoms with Gasteiger partial charge in [0.1, 0.15) is 0 Å². The van der Waals surface area contributed by atoms with Crippen molar-refractivity contribution in [3.05, 3.63) is 52.8 Å². The minimum absolute atomic E-state index is 0.772. The smallest absolute Gasteiger partial charge is 0.0659 e. The topological polar surface area (TPSA) is 17.8 Å². The van der Waals surface area contributed by atoms with Crippen molar-refractivity contribution in [1.29, 1.82) is 0 Å². The molecule has 0 saturated carbocycles. The van der Waals surface area contributed by atoms with E-state index in [0.29, 0.717) is 0 Å². The van der Waals surface area contributed by atoms with Crippen molar-refractivity contribution >= 4 is 27.5 Å². The minimum Gasteiger partial charge on any atom is -0.268 e. The first kappa shape index (κ1) is 12.7. The van der Waals surface area contributed by atoms with Gasteiger partial charge in [0.2, 0.25) is 0 Å². The molecule has 0 unspecified atom stereocenters. The fraction of sp³-hybridized carbons (Fsp3) is 0.308. The molecule has 0 amide bonds. The maximum Gasteiger partial charge on any atom is 0.0659 e. The van der Waals surface area contributed by atoms with Gasteiger partial charge in [-0.25, -0.2) is 0 Å². The van der Waals surface area contributed by atoms with Crippen LogP contribution in [0, 0.1) is 0 Å². The molecule has 2 rings (SSSR count). The summed E-state index contributed by atoms with van der Waals surface area (Å²) in [7, 11) is 0. The first-order valence-electron chi connectivity index (χ1n) is 5.59. The van der Waals surface area contributed by atoms with Crippen LogP contribution in [0.1, 0.15) is 17.5 Å². The Labute approximate surface area is 115 Å². The zero-order valence-corrected chi connectivity index (χ0v) is 11.8. The standard InChI is InChI=1S/C13H14BrClN2/c14-6-2-4-12-8-16-17(10-12)9-11-3-1-5-13(15)7-11/h1,3,5,7-8,10H,2,4,6,9H2. The maximum absolute atomic E-state index is 5.95. The Morgan fingerprint density at radius 2 is 2.18 bits per heavy atom. The second-order valence-electron chi connectivity index (χ2n) is 3.97. The summed E-state index contributed by atoms with van der Waals surface area (Å²) >= 11 is 9.38. The lowest BCUT2D eigenvalue weighted by Gasteiger charge is -2.02. The van der Waals surface area contributed by atoms with E-state index < -0.39 is 0 Å². The summed E-state index contributed by atoms with van der Waals surface area (Å²) in [5.41, 5.74) is 2.46. The highest BCUT2D eigenvalue weighted by atomic mass is 79.9. The quantitative estimate of drug-likeness (QED) is 0.765. The molecule has 1 aromatic heterocycles. The highest BCUT2D eigenvalue weighted by Crippen LogP contribution is 2.12. The molecule has 0 atom stereocenters. The Balaban J connectivity index is 2.01. The number of alkyl halides is 1. The van der Waals surface area contributed by atoms with Crippen LogP contribution in [0.25, 0.3) is 0 Å². The van der Waals surface area contributed by atoms with Crippen LogP contribution < -0.4 is 0 Å². The lowest BCUT2D eigenvalue weighted by atomic mass is 10.2. The Kier molecular flexibility index (Phi) is 4.63. The second-order valence-corrected chi connectivity index (χ2v) is 5.20. The Morgan fingerprint density at radius 3 is 2.94 bits per heavy atom. The van der Waals surface area contributed by atoms with Gasteiger partial charge in [0.25, 0.3) is 0 Å². The van der Waals surface area contributed by atoms with Crippen molar-refractivity contribution in [3.8, 4) is 0 Å². The summed E-state index contributed by atoms with van der Waals surface area (Å²) in [4.78, 5) is 0. The number of hydrogen-bond acceptors (Lipinski definition) is 1. The number of nitrogens with zero attached hydrogens (tertiary/aromatic N) is 2. The van der Waals surface area contributed by atoms with Crippen LogP contribution in [0.4, 0.5) is 0 Å². The lowest BCUT2D eigenvalue weighted by molar-refractivity contribution is 0.686. The molecular weight excluding hydrogens is 300 g/mol. The third kappa shape index (κ3) is 3.86. The molecule has 0 aliphatic rings. The summed E-state index contributed by atoms with van der Waals surface area (Å²) in [5.74, 6) is 0. The van der Waals surface area contributed by atoms with Crippen LogP contribution in [0.15, 0.2) is 36.7 Å². The van der Waals surface area contributed by atoms with Gasteiger partial charge in [0.15, 0.2) is 0 Å². The van der Waals surface area contributed by atoms with E-state index in [9.17, 15) is 0 Å². The van der Waals surface area contributed by atoms with Crippen molar-refractivity contribution in [2.75, 3.05) is 5.33 Å². The summed E-state index contributed by atoms with van der Waals surface area (Å²) in [6, 6.07) is 7.88. The van der Waals surface area contributed by atoms with E-state index >= 15 is 0 Å². The average Bonchev–Trinajstić information content (AvgIpc) is 2.74. The second kappa shape index (κ2) is 6.22. The van der Waals surface area contributed by atoms with Crippen molar-refractivity contribution in [3.63, 3.8) is 0 Å². The Morgan fingerprint density at radius 1 is 1.29 bits per heavy atom. The molecule has 1 heterocycles. The Hall–Kier alpha value is -0.800. The molecule has 0 saturated heterocycles. The fourth-order valence-corrected chi connectivity index (χ4v) is 2.21. The monoisotopic (exact) mass is 312 g/mol. The summed E-state index contributed by atoms with van der Waals surface area (Å²) in [6.07, 6.45) is 6.25. The maximum atomic E-state index is 5.95. The molecule has 90 valence electrons. The molecular formula is C13H14BrClN2. The van der Waals surface area contributed by atoms with Gasteiger partial charge in [0.05, 0.1) is 12.7 Å². The van der Waals surface area contributed by atoms with Crippen molar-refractivity contribution in [1.82, 2.24) is 9.78 Å². The van der Waals surface area contributed by atoms with Crippen LogP contribution in [0.2, 0.25) is 5.02 Å². The Bertz CT molecular complexity index is 482. The molecule has 0 bridgehead atoms. The van der Waals surface area contributed by atoms with E-state index in [2.05, 4.69) is 33.3 Å². The highest BCUT2D eigenvalue weighted by Gasteiger charge is 2.00. The zero-order valence-electron chi connectivity index (χ0n) is 9.44. The highest BCUT2D eigenvalue weighted by molar-refractivity contribution is 9.09. The summed E-state index contributed by atoms with van der Waals surface area (Å²) < 4.78 is 1.95. The van der Waals surface area contributed by atoms with E-state index in [1.165, 1.54) is 11.1 Å². The predicted octanol–water partition coefficient (Wildman–Crippen LogP) is 3.91. The molecule has 0 aliphatic heterocycles. The first-order chi connectivity index (χ1) is 8.28. The van der Waals surface area contributed by atoms with E-state index in [1.54, 1.807) is 0 Å². The van der Waals surface area contributed by atoms with Crippen molar-refractivity contribution in [2.24, 2.45) is 0 Å². The SMILES string of the molecule is Clc1cccc(Cn2cc(CCCBr)cn2)c1. The van der Waals surface area contributed by atoms with Gasteiger partial charge >= 0.3 is 0 Å². The largest absolute Gasteiger partial charge is 0.268 e. The normalized spacial score (nSPS) is 10.7. The number of halogens is 2. The first-order valence-corrected chi connectivity index (χ1v) is 7.09. The van der Waals surface area contributed by atoms with E-state index in [4.69, 9.17) is 11.6 Å². The molecule has 4 heteroatoms. The van der Waals surface area contributed by atoms with Crippen LogP contribution in [0.5, 0.6) is 0 Å². The molecule has 0 fully saturated rings. The van der Waals surface area contributed by atoms with Gasteiger partial charge in [-0.05, 0) is 36.1 Å². The van der Waals surface area contributed by atoms with Crippen LogP contribution in [0.3, 0.4) is 0 Å². The zero-order chi connectivity index (χ0) is 12.1. The molecule has 0 aliphatic carbocycles. The minimum atomic E-state index is 0.772. The summed E-state index contributed by atoms with van der Waals surface area (Å²) in [6.45, 7) is 0.773. The number of hydrogen-bond donors (Lipinski definition) is 0. The van der Waals surface area contributed by atoms with Gasteiger partial charge in [0, 0.05) is 16.5 Å². The van der Waals surface area contributed by atoms with Gasteiger partial charge in [-0.1, -0.05) is 39.7 Å². The van der Waals surface area contributed by atoms with Gasteiger partial charge in [-0.2, -0.15) is 5.10 Å². The average molecular weight is 314 g/mol. The number of benzene rings is 1. The predicted molar refractivity (Wildman–Crippen MR) is 74.9 cm³/mol. The van der Waals surface area contributed by atoms with Gasteiger partial charge in [-0.15, -0.1) is 0 Å². The third-order valence-corrected chi connectivity index (χ3v) is 3.32. The summed E-state index contributed by atoms with van der Waals surface area (Å²) in [5, 5.41) is 6.16.